The van der Waals surface area contributed by atoms with E-state index in [1.807, 2.05) is 11.4 Å². The molecule has 1 aromatic heterocycles. The first-order valence-electron chi connectivity index (χ1n) is 7.53. The molecule has 120 valence electrons. The molecule has 6 heteroatoms. The van der Waals surface area contributed by atoms with Crippen molar-refractivity contribution in [3.05, 3.63) is 22.4 Å². The summed E-state index contributed by atoms with van der Waals surface area (Å²) in [6.45, 7) is 6.52. The van der Waals surface area contributed by atoms with E-state index in [9.17, 15) is 4.79 Å². The third kappa shape index (κ3) is 6.34. The van der Waals surface area contributed by atoms with Gasteiger partial charge in [-0.25, -0.2) is 0 Å². The number of nitrogens with one attached hydrogen (secondary N) is 2. The Morgan fingerprint density at radius 1 is 1.48 bits per heavy atom. The molecule has 0 aliphatic carbocycles. The quantitative estimate of drug-likeness (QED) is 0.805. The molecular weight excluding hydrogens is 306 g/mol. The van der Waals surface area contributed by atoms with Crippen LogP contribution >= 0.6 is 23.7 Å². The summed E-state index contributed by atoms with van der Waals surface area (Å²) in [7, 11) is 0. The van der Waals surface area contributed by atoms with E-state index in [1.54, 1.807) is 11.3 Å². The van der Waals surface area contributed by atoms with Gasteiger partial charge in [0.05, 0.1) is 13.1 Å². The molecule has 1 fully saturated rings. The largest absolute Gasteiger partial charge is 0.350 e. The van der Waals surface area contributed by atoms with Crippen LogP contribution in [0, 0.1) is 0 Å². The van der Waals surface area contributed by atoms with E-state index in [0.29, 0.717) is 19.1 Å². The zero-order valence-electron chi connectivity index (χ0n) is 12.6. The molecular formula is C15H26ClN3OS. The minimum Gasteiger partial charge on any atom is -0.350 e. The molecule has 0 saturated carbocycles. The van der Waals surface area contributed by atoms with E-state index < -0.39 is 0 Å². The normalized spacial score (nSPS) is 15.7. The summed E-state index contributed by atoms with van der Waals surface area (Å²) in [5, 5.41) is 8.45. The van der Waals surface area contributed by atoms with E-state index in [2.05, 4.69) is 28.5 Å². The van der Waals surface area contributed by atoms with Crippen molar-refractivity contribution in [3.8, 4) is 0 Å². The van der Waals surface area contributed by atoms with Crippen molar-refractivity contribution in [1.82, 2.24) is 15.5 Å². The monoisotopic (exact) mass is 331 g/mol. The maximum atomic E-state index is 12.1. The second-order valence-corrected chi connectivity index (χ2v) is 6.34. The lowest BCUT2D eigenvalue weighted by Crippen LogP contribution is -2.47. The number of amides is 1. The van der Waals surface area contributed by atoms with Crippen molar-refractivity contribution in [2.24, 2.45) is 0 Å². The van der Waals surface area contributed by atoms with Gasteiger partial charge in [-0.1, -0.05) is 13.0 Å². The third-order valence-corrected chi connectivity index (χ3v) is 4.60. The summed E-state index contributed by atoms with van der Waals surface area (Å²) in [5.41, 5.74) is 0. The summed E-state index contributed by atoms with van der Waals surface area (Å²) >= 11 is 1.69. The zero-order chi connectivity index (χ0) is 14.2. The maximum Gasteiger partial charge on any atom is 0.234 e. The zero-order valence-corrected chi connectivity index (χ0v) is 14.3. The summed E-state index contributed by atoms with van der Waals surface area (Å²) in [6, 6.07) is 4.63. The Morgan fingerprint density at radius 3 is 2.86 bits per heavy atom. The molecule has 1 saturated heterocycles. The summed E-state index contributed by atoms with van der Waals surface area (Å²) in [5.74, 6) is 0.144. The lowest BCUT2D eigenvalue weighted by molar-refractivity contribution is -0.123. The van der Waals surface area contributed by atoms with Crippen LogP contribution in [0.1, 0.15) is 31.1 Å². The van der Waals surface area contributed by atoms with E-state index in [0.717, 1.165) is 38.9 Å². The molecule has 0 radical (unpaired) electrons. The van der Waals surface area contributed by atoms with Gasteiger partial charge in [-0.3, -0.25) is 9.69 Å². The number of hydrogen-bond acceptors (Lipinski definition) is 4. The fraction of sp³-hybridized carbons (Fsp3) is 0.667. The lowest BCUT2D eigenvalue weighted by Gasteiger charge is -2.34. The number of carbonyl (C=O) groups is 1. The molecule has 0 bridgehead atoms. The molecule has 2 heterocycles. The van der Waals surface area contributed by atoms with Crippen molar-refractivity contribution in [2.45, 2.75) is 38.8 Å². The van der Waals surface area contributed by atoms with Gasteiger partial charge in [0, 0.05) is 10.9 Å². The van der Waals surface area contributed by atoms with Crippen LogP contribution in [0.3, 0.4) is 0 Å². The second kappa shape index (κ2) is 10.2. The van der Waals surface area contributed by atoms with E-state index >= 15 is 0 Å². The Bertz CT molecular complexity index is 394. The third-order valence-electron chi connectivity index (χ3n) is 3.72. The molecule has 1 aliphatic rings. The van der Waals surface area contributed by atoms with Gasteiger partial charge in [-0.15, -0.1) is 23.7 Å². The Morgan fingerprint density at radius 2 is 2.24 bits per heavy atom. The average molecular weight is 332 g/mol. The van der Waals surface area contributed by atoms with Crippen LogP contribution in [0.25, 0.3) is 0 Å². The number of nitrogens with zero attached hydrogens (tertiary/aromatic N) is 1. The SMILES string of the molecule is CCCN(CC(=O)NCc1cccs1)C1CCNCC1.Cl. The highest BCUT2D eigenvalue weighted by atomic mass is 35.5. The summed E-state index contributed by atoms with van der Waals surface area (Å²) in [4.78, 5) is 15.7. The fourth-order valence-electron chi connectivity index (χ4n) is 2.69. The second-order valence-electron chi connectivity index (χ2n) is 5.31. The van der Waals surface area contributed by atoms with Crippen molar-refractivity contribution in [1.29, 1.82) is 0 Å². The first-order chi connectivity index (χ1) is 9.79. The molecule has 4 nitrogen and oxygen atoms in total. The smallest absolute Gasteiger partial charge is 0.234 e. The summed E-state index contributed by atoms with van der Waals surface area (Å²) in [6.07, 6.45) is 3.40. The van der Waals surface area contributed by atoms with Crippen molar-refractivity contribution >= 4 is 29.7 Å². The first kappa shape index (κ1) is 18.4. The van der Waals surface area contributed by atoms with Crippen LogP contribution in [0.2, 0.25) is 0 Å². The Hall–Kier alpha value is -0.620. The predicted octanol–water partition coefficient (Wildman–Crippen LogP) is 2.25. The van der Waals surface area contributed by atoms with Crippen molar-refractivity contribution < 1.29 is 4.79 Å². The van der Waals surface area contributed by atoms with E-state index in [1.165, 1.54) is 4.88 Å². The van der Waals surface area contributed by atoms with Crippen LogP contribution in [0.15, 0.2) is 17.5 Å². The maximum absolute atomic E-state index is 12.1. The topological polar surface area (TPSA) is 44.4 Å². The molecule has 2 rings (SSSR count). The first-order valence-corrected chi connectivity index (χ1v) is 8.41. The van der Waals surface area contributed by atoms with Crippen molar-refractivity contribution in [3.63, 3.8) is 0 Å². The molecule has 21 heavy (non-hydrogen) atoms. The van der Waals surface area contributed by atoms with E-state index in [-0.39, 0.29) is 18.3 Å². The highest BCUT2D eigenvalue weighted by molar-refractivity contribution is 7.09. The Labute approximate surface area is 137 Å². The van der Waals surface area contributed by atoms with Gasteiger partial charge in [0.2, 0.25) is 5.91 Å². The lowest BCUT2D eigenvalue weighted by atomic mass is 10.0. The van der Waals surface area contributed by atoms with Gasteiger partial charge >= 0.3 is 0 Å². The predicted molar refractivity (Wildman–Crippen MR) is 91.2 cm³/mol. The van der Waals surface area contributed by atoms with Crippen LogP contribution in [-0.4, -0.2) is 43.0 Å². The van der Waals surface area contributed by atoms with Crippen LogP contribution in [0.5, 0.6) is 0 Å². The summed E-state index contributed by atoms with van der Waals surface area (Å²) < 4.78 is 0. The molecule has 1 aromatic rings. The Kier molecular flexibility index (Phi) is 8.92. The molecule has 2 N–H and O–H groups in total. The number of carbonyl (C=O) groups excluding carboxylic acids is 1. The Balaban J connectivity index is 0.00000220. The van der Waals surface area contributed by atoms with Gasteiger partial charge in [0.15, 0.2) is 0 Å². The molecule has 0 atom stereocenters. The van der Waals surface area contributed by atoms with Gasteiger partial charge < -0.3 is 10.6 Å². The average Bonchev–Trinajstić information content (AvgIpc) is 2.99. The highest BCUT2D eigenvalue weighted by Gasteiger charge is 2.22. The minimum absolute atomic E-state index is 0. The van der Waals surface area contributed by atoms with E-state index in [4.69, 9.17) is 0 Å². The van der Waals surface area contributed by atoms with Gasteiger partial charge in [0.1, 0.15) is 0 Å². The van der Waals surface area contributed by atoms with Gasteiger partial charge in [0.25, 0.3) is 0 Å². The number of piperidine rings is 1. The highest BCUT2D eigenvalue weighted by Crippen LogP contribution is 2.12. The molecule has 1 amide bonds. The standard InChI is InChI=1S/C15H25N3OS.ClH/c1-2-9-18(13-5-7-16-8-6-13)12-15(19)17-11-14-4-3-10-20-14;/h3-4,10,13,16H,2,5-9,11-12H2,1H3,(H,17,19);1H. The van der Waals surface area contributed by atoms with Crippen LogP contribution in [-0.2, 0) is 11.3 Å². The number of hydrogen-bond donors (Lipinski definition) is 2. The molecule has 0 spiro atoms. The minimum atomic E-state index is 0. The van der Waals surface area contributed by atoms with Crippen LogP contribution in [0.4, 0.5) is 0 Å². The number of rotatable bonds is 7. The number of thiophene rings is 1. The molecule has 0 unspecified atom stereocenters. The fourth-order valence-corrected chi connectivity index (χ4v) is 3.33. The van der Waals surface area contributed by atoms with Gasteiger partial charge in [-0.2, -0.15) is 0 Å². The number of halogens is 1. The van der Waals surface area contributed by atoms with Crippen molar-refractivity contribution in [2.75, 3.05) is 26.2 Å². The van der Waals surface area contributed by atoms with Gasteiger partial charge in [-0.05, 0) is 50.3 Å². The molecule has 1 aliphatic heterocycles. The molecule has 0 aromatic carbocycles. The van der Waals surface area contributed by atoms with Crippen LogP contribution < -0.4 is 10.6 Å².